The predicted octanol–water partition coefficient (Wildman–Crippen LogP) is 3.71. The first kappa shape index (κ1) is 13.8. The lowest BCUT2D eigenvalue weighted by atomic mass is 10.2. The fraction of sp³-hybridized carbons (Fsp3) is 0.500. The van der Waals surface area contributed by atoms with Crippen molar-refractivity contribution in [3.8, 4) is 0 Å². The van der Waals surface area contributed by atoms with Gasteiger partial charge in [0.25, 0.3) is 0 Å². The van der Waals surface area contributed by atoms with E-state index in [0.717, 1.165) is 18.5 Å². The van der Waals surface area contributed by atoms with Crippen LogP contribution in [0, 0.1) is 5.82 Å². The van der Waals surface area contributed by atoms with Crippen molar-refractivity contribution in [1.82, 2.24) is 5.32 Å². The maximum atomic E-state index is 13.1. The van der Waals surface area contributed by atoms with Crippen LogP contribution in [-0.2, 0) is 6.54 Å². The molecule has 0 radical (unpaired) electrons. The molecule has 0 amide bonds. The van der Waals surface area contributed by atoms with Crippen LogP contribution in [0.4, 0.5) is 4.39 Å². The molecule has 4 heteroatoms. The molecule has 0 aliphatic rings. The molecule has 1 aromatic rings. The van der Waals surface area contributed by atoms with Gasteiger partial charge in [0.2, 0.25) is 0 Å². The van der Waals surface area contributed by atoms with Crippen molar-refractivity contribution in [1.29, 1.82) is 0 Å². The third-order valence-electron chi connectivity index (χ3n) is 2.48. The average Bonchev–Trinajstić information content (AvgIpc) is 2.29. The van der Waals surface area contributed by atoms with Gasteiger partial charge in [0.15, 0.2) is 0 Å². The Kier molecular flexibility index (Phi) is 6.17. The zero-order valence-corrected chi connectivity index (χ0v) is 11.2. The zero-order chi connectivity index (χ0) is 12.0. The van der Waals surface area contributed by atoms with Crippen molar-refractivity contribution in [3.05, 3.63) is 34.6 Å². The molecule has 0 heterocycles. The Morgan fingerprint density at radius 3 is 2.94 bits per heavy atom. The summed E-state index contributed by atoms with van der Waals surface area (Å²) in [5.74, 6) is -0.349. The quantitative estimate of drug-likeness (QED) is 0.784. The second kappa shape index (κ2) is 7.15. The average molecular weight is 262 g/mol. The number of hydrogen-bond donors (Lipinski definition) is 1. The number of benzene rings is 1. The molecule has 1 aromatic carbocycles. The molecular formula is C12H17ClFNS. The summed E-state index contributed by atoms with van der Waals surface area (Å²) in [7, 11) is 0. The van der Waals surface area contributed by atoms with Crippen molar-refractivity contribution in [3.63, 3.8) is 0 Å². The number of hydrogen-bond acceptors (Lipinski definition) is 2. The van der Waals surface area contributed by atoms with Crippen molar-refractivity contribution >= 4 is 23.4 Å². The highest BCUT2D eigenvalue weighted by atomic mass is 35.5. The SMILES string of the molecule is CSC(C)CCNCc1cccc(F)c1Cl. The van der Waals surface area contributed by atoms with Crippen LogP contribution in [0.5, 0.6) is 0 Å². The second-order valence-electron chi connectivity index (χ2n) is 3.72. The van der Waals surface area contributed by atoms with Crippen LogP contribution in [-0.4, -0.2) is 18.1 Å². The van der Waals surface area contributed by atoms with Crippen LogP contribution in [0.25, 0.3) is 0 Å². The Bertz CT molecular complexity index is 333. The molecule has 0 aliphatic carbocycles. The van der Waals surface area contributed by atoms with Crippen molar-refractivity contribution in [2.75, 3.05) is 12.8 Å². The lowest BCUT2D eigenvalue weighted by molar-refractivity contribution is 0.616. The van der Waals surface area contributed by atoms with E-state index in [1.165, 1.54) is 6.07 Å². The van der Waals surface area contributed by atoms with Gasteiger partial charge in [0.05, 0.1) is 5.02 Å². The maximum absolute atomic E-state index is 13.1. The molecular weight excluding hydrogens is 245 g/mol. The van der Waals surface area contributed by atoms with E-state index in [-0.39, 0.29) is 10.8 Å². The highest BCUT2D eigenvalue weighted by Crippen LogP contribution is 2.19. The normalized spacial score (nSPS) is 12.8. The number of thioether (sulfide) groups is 1. The van der Waals surface area contributed by atoms with Crippen LogP contribution in [0.15, 0.2) is 18.2 Å². The Morgan fingerprint density at radius 1 is 1.50 bits per heavy atom. The van der Waals surface area contributed by atoms with Gasteiger partial charge in [-0.1, -0.05) is 30.7 Å². The van der Waals surface area contributed by atoms with Crippen molar-refractivity contribution in [2.45, 2.75) is 25.1 Å². The largest absolute Gasteiger partial charge is 0.313 e. The fourth-order valence-corrected chi connectivity index (χ4v) is 1.88. The summed E-state index contributed by atoms with van der Waals surface area (Å²) in [6.07, 6.45) is 3.21. The molecule has 1 rings (SSSR count). The van der Waals surface area contributed by atoms with Crippen LogP contribution >= 0.6 is 23.4 Å². The molecule has 16 heavy (non-hydrogen) atoms. The van der Waals surface area contributed by atoms with Gasteiger partial charge in [-0.05, 0) is 30.9 Å². The van der Waals surface area contributed by atoms with E-state index in [9.17, 15) is 4.39 Å². The van der Waals surface area contributed by atoms with E-state index in [2.05, 4.69) is 18.5 Å². The third kappa shape index (κ3) is 4.32. The highest BCUT2D eigenvalue weighted by molar-refractivity contribution is 7.99. The van der Waals surface area contributed by atoms with Gasteiger partial charge in [0.1, 0.15) is 5.82 Å². The van der Waals surface area contributed by atoms with Crippen molar-refractivity contribution < 1.29 is 4.39 Å². The standard InChI is InChI=1S/C12H17ClFNS/c1-9(16-2)6-7-15-8-10-4-3-5-11(14)12(10)13/h3-5,9,15H,6-8H2,1-2H3. The maximum Gasteiger partial charge on any atom is 0.142 e. The minimum Gasteiger partial charge on any atom is -0.313 e. The van der Waals surface area contributed by atoms with Crippen LogP contribution in [0.1, 0.15) is 18.9 Å². The number of nitrogens with one attached hydrogen (secondary N) is 1. The summed E-state index contributed by atoms with van der Waals surface area (Å²) >= 11 is 7.69. The fourth-order valence-electron chi connectivity index (χ4n) is 1.33. The molecule has 0 aromatic heterocycles. The van der Waals surface area contributed by atoms with E-state index < -0.39 is 0 Å². The number of halogens is 2. The predicted molar refractivity (Wildman–Crippen MR) is 70.7 cm³/mol. The molecule has 0 bridgehead atoms. The Morgan fingerprint density at radius 2 is 2.25 bits per heavy atom. The summed E-state index contributed by atoms with van der Waals surface area (Å²) < 4.78 is 13.1. The molecule has 90 valence electrons. The smallest absolute Gasteiger partial charge is 0.142 e. The van der Waals surface area contributed by atoms with Crippen LogP contribution < -0.4 is 5.32 Å². The van der Waals surface area contributed by atoms with Gasteiger partial charge in [-0.15, -0.1) is 0 Å². The summed E-state index contributed by atoms with van der Waals surface area (Å²) in [4.78, 5) is 0. The van der Waals surface area contributed by atoms with E-state index in [1.54, 1.807) is 6.07 Å². The summed E-state index contributed by atoms with van der Waals surface area (Å²) in [5, 5.41) is 4.15. The van der Waals surface area contributed by atoms with Gasteiger partial charge in [-0.2, -0.15) is 11.8 Å². The minimum absolute atomic E-state index is 0.230. The van der Waals surface area contributed by atoms with Gasteiger partial charge in [0, 0.05) is 11.8 Å². The van der Waals surface area contributed by atoms with Gasteiger partial charge >= 0.3 is 0 Å². The Balaban J connectivity index is 2.35. The zero-order valence-electron chi connectivity index (χ0n) is 9.59. The first-order valence-corrected chi connectivity index (χ1v) is 6.98. The van der Waals surface area contributed by atoms with E-state index >= 15 is 0 Å². The Hall–Kier alpha value is -0.250. The Labute approximate surface area is 106 Å². The molecule has 0 spiro atoms. The summed E-state index contributed by atoms with van der Waals surface area (Å²) in [5.41, 5.74) is 0.818. The molecule has 1 atom stereocenters. The van der Waals surface area contributed by atoms with E-state index in [0.29, 0.717) is 11.8 Å². The van der Waals surface area contributed by atoms with Crippen molar-refractivity contribution in [2.24, 2.45) is 0 Å². The molecule has 0 saturated heterocycles. The molecule has 1 nitrogen and oxygen atoms in total. The summed E-state index contributed by atoms with van der Waals surface area (Å²) in [6, 6.07) is 4.90. The summed E-state index contributed by atoms with van der Waals surface area (Å²) in [6.45, 7) is 3.74. The van der Waals surface area contributed by atoms with E-state index in [4.69, 9.17) is 11.6 Å². The minimum atomic E-state index is -0.349. The molecule has 1 N–H and O–H groups in total. The molecule has 0 fully saturated rings. The van der Waals surface area contributed by atoms with Gasteiger partial charge < -0.3 is 5.32 Å². The first-order chi connectivity index (χ1) is 7.65. The number of rotatable bonds is 6. The van der Waals surface area contributed by atoms with Gasteiger partial charge in [-0.25, -0.2) is 4.39 Å². The highest BCUT2D eigenvalue weighted by Gasteiger charge is 2.05. The lowest BCUT2D eigenvalue weighted by Crippen LogP contribution is -2.18. The first-order valence-electron chi connectivity index (χ1n) is 5.31. The molecule has 1 unspecified atom stereocenters. The topological polar surface area (TPSA) is 12.0 Å². The van der Waals surface area contributed by atoms with Crippen LogP contribution in [0.2, 0.25) is 5.02 Å². The van der Waals surface area contributed by atoms with Gasteiger partial charge in [-0.3, -0.25) is 0 Å². The second-order valence-corrected chi connectivity index (χ2v) is 5.38. The lowest BCUT2D eigenvalue weighted by Gasteiger charge is -2.10. The monoisotopic (exact) mass is 261 g/mol. The molecule has 0 saturated carbocycles. The van der Waals surface area contributed by atoms with E-state index in [1.807, 2.05) is 17.8 Å². The molecule has 0 aliphatic heterocycles. The van der Waals surface area contributed by atoms with Crippen LogP contribution in [0.3, 0.4) is 0 Å². The third-order valence-corrected chi connectivity index (χ3v) is 3.94.